The first-order valence-electron chi connectivity index (χ1n) is 11.9. The Balaban J connectivity index is 1.31. The number of hydrogen-bond acceptors (Lipinski definition) is 2. The van der Waals surface area contributed by atoms with Crippen LogP contribution in [0.3, 0.4) is 0 Å². The smallest absolute Gasteiger partial charge is 0.118 e. The molecular weight excluding hydrogens is 363 g/mol. The molecule has 3 nitrogen and oxygen atoms in total. The van der Waals surface area contributed by atoms with E-state index in [1.54, 1.807) is 0 Å². The average Bonchev–Trinajstić information content (AvgIpc) is 3.34. The molecule has 1 aromatic rings. The fourth-order valence-corrected chi connectivity index (χ4v) is 8.47. The molecule has 1 N–H and O–H groups in total. The molecule has 4 heteroatoms. The summed E-state index contributed by atoms with van der Waals surface area (Å²) in [6, 6.07) is 1.99. The van der Waals surface area contributed by atoms with Crippen LogP contribution < -0.4 is 0 Å². The van der Waals surface area contributed by atoms with Crippen LogP contribution in [0.4, 0.5) is 4.39 Å². The lowest BCUT2D eigenvalue weighted by molar-refractivity contribution is -0.110. The summed E-state index contributed by atoms with van der Waals surface area (Å²) in [5, 5.41) is 14.9. The summed E-state index contributed by atoms with van der Waals surface area (Å²) < 4.78 is 15.4. The Kier molecular flexibility index (Phi) is 4.92. The maximum atomic E-state index is 13.4. The zero-order valence-electron chi connectivity index (χ0n) is 17.9. The molecule has 4 saturated carbocycles. The second-order valence-corrected chi connectivity index (χ2v) is 11.1. The molecule has 0 saturated heterocycles. The average molecular weight is 401 g/mol. The Morgan fingerprint density at radius 3 is 2.72 bits per heavy atom. The highest BCUT2D eigenvalue weighted by atomic mass is 19.1. The second-order valence-electron chi connectivity index (χ2n) is 11.1. The number of nitrogens with zero attached hydrogens (tertiary/aromatic N) is 2. The van der Waals surface area contributed by atoms with Crippen molar-refractivity contribution < 1.29 is 9.50 Å². The molecule has 160 valence electrons. The predicted molar refractivity (Wildman–Crippen MR) is 113 cm³/mol. The summed E-state index contributed by atoms with van der Waals surface area (Å²) in [5.41, 5.74) is 0.712. The number of allylic oxidation sites excluding steroid dienone is 1. The molecule has 5 rings (SSSR count). The van der Waals surface area contributed by atoms with Gasteiger partial charge in [-0.25, -0.2) is 4.39 Å². The van der Waals surface area contributed by atoms with Gasteiger partial charge in [0, 0.05) is 12.4 Å². The third kappa shape index (κ3) is 3.21. The van der Waals surface area contributed by atoms with E-state index in [2.05, 4.69) is 18.6 Å². The normalized spacial score (nSPS) is 46.6. The van der Waals surface area contributed by atoms with E-state index in [0.717, 1.165) is 36.6 Å². The molecule has 0 amide bonds. The third-order valence-corrected chi connectivity index (χ3v) is 9.77. The van der Waals surface area contributed by atoms with Crippen LogP contribution in [0.25, 0.3) is 0 Å². The molecule has 0 radical (unpaired) electrons. The summed E-state index contributed by atoms with van der Waals surface area (Å²) in [7, 11) is 0. The van der Waals surface area contributed by atoms with Gasteiger partial charge in [-0.15, -0.1) is 0 Å². The van der Waals surface area contributed by atoms with E-state index in [0.29, 0.717) is 30.1 Å². The van der Waals surface area contributed by atoms with E-state index in [1.807, 2.05) is 23.1 Å². The summed E-state index contributed by atoms with van der Waals surface area (Å²) in [6.07, 6.45) is 14.0. The van der Waals surface area contributed by atoms with Crippen LogP contribution >= 0.6 is 0 Å². The number of rotatable bonds is 4. The fraction of sp³-hybridized carbons (Fsp3) is 0.800. The first-order valence-corrected chi connectivity index (χ1v) is 11.9. The van der Waals surface area contributed by atoms with Gasteiger partial charge in [0.25, 0.3) is 0 Å². The molecule has 1 heterocycles. The van der Waals surface area contributed by atoms with Crippen LogP contribution in [0.5, 0.6) is 0 Å². The Morgan fingerprint density at radius 1 is 1.14 bits per heavy atom. The maximum Gasteiger partial charge on any atom is 0.118 e. The Labute approximate surface area is 174 Å². The van der Waals surface area contributed by atoms with Gasteiger partial charge in [-0.3, -0.25) is 4.68 Å². The molecule has 29 heavy (non-hydrogen) atoms. The van der Waals surface area contributed by atoms with Gasteiger partial charge in [0.15, 0.2) is 0 Å². The number of hydrogen-bond donors (Lipinski definition) is 1. The van der Waals surface area contributed by atoms with E-state index in [9.17, 15) is 9.50 Å². The minimum absolute atomic E-state index is 0.382. The molecule has 4 fully saturated rings. The minimum Gasteiger partial charge on any atom is -0.387 e. The van der Waals surface area contributed by atoms with Crippen LogP contribution in [0.2, 0.25) is 0 Å². The molecule has 4 aliphatic carbocycles. The number of halogens is 1. The maximum absolute atomic E-state index is 13.4. The standard InChI is InChI=1S/C25H37FN2O/c1-17(15-28-13-3-12-27-28)22-6-7-23-21-5-4-18-14-25(29,16-26)11-9-19(18)20(21)8-10-24(22,23)2/h3,12-13,18-23,29H,1,4-11,14-16H2,2H3/t18-,19+,20-,21-,22-,23+,24-,25-/m1/s1. The number of alkyl halides is 1. The van der Waals surface area contributed by atoms with Crippen LogP contribution in [0, 0.1) is 40.9 Å². The van der Waals surface area contributed by atoms with Crippen LogP contribution in [0.15, 0.2) is 30.6 Å². The molecule has 4 aliphatic rings. The quantitative estimate of drug-likeness (QED) is 0.686. The van der Waals surface area contributed by atoms with E-state index >= 15 is 0 Å². The molecule has 1 aromatic heterocycles. The largest absolute Gasteiger partial charge is 0.387 e. The lowest BCUT2D eigenvalue weighted by Crippen LogP contribution is -2.51. The highest BCUT2D eigenvalue weighted by Crippen LogP contribution is 2.65. The van der Waals surface area contributed by atoms with Crippen LogP contribution in [-0.4, -0.2) is 27.2 Å². The molecule has 0 aliphatic heterocycles. The van der Waals surface area contributed by atoms with E-state index in [-0.39, 0.29) is 0 Å². The van der Waals surface area contributed by atoms with Crippen molar-refractivity contribution in [2.24, 2.45) is 40.9 Å². The SMILES string of the molecule is C=C(Cn1cccn1)[C@H]1CC[C@H]2[C@@H]3CC[C@@H]4C[C@@](O)(CF)CC[C@@H]4[C@H]3CC[C@]12C. The summed E-state index contributed by atoms with van der Waals surface area (Å²) in [4.78, 5) is 0. The van der Waals surface area contributed by atoms with E-state index in [1.165, 1.54) is 44.1 Å². The highest BCUT2D eigenvalue weighted by molar-refractivity contribution is 5.15. The monoisotopic (exact) mass is 400 g/mol. The van der Waals surface area contributed by atoms with Gasteiger partial charge in [0.05, 0.1) is 12.1 Å². The van der Waals surface area contributed by atoms with Gasteiger partial charge in [0.2, 0.25) is 0 Å². The zero-order valence-corrected chi connectivity index (χ0v) is 17.9. The third-order valence-electron chi connectivity index (χ3n) is 9.77. The minimum atomic E-state index is -1.03. The van der Waals surface area contributed by atoms with Crippen LogP contribution in [0.1, 0.15) is 64.7 Å². The lowest BCUT2D eigenvalue weighted by atomic mass is 9.48. The topological polar surface area (TPSA) is 38.0 Å². The molecule has 0 unspecified atom stereocenters. The van der Waals surface area contributed by atoms with Crippen molar-refractivity contribution >= 4 is 0 Å². The number of aliphatic hydroxyl groups is 1. The summed E-state index contributed by atoms with van der Waals surface area (Å²) in [6.45, 7) is 7.35. The second kappa shape index (κ2) is 7.21. The highest BCUT2D eigenvalue weighted by Gasteiger charge is 2.58. The first-order chi connectivity index (χ1) is 13.9. The van der Waals surface area contributed by atoms with Gasteiger partial charge in [0.1, 0.15) is 6.67 Å². The zero-order chi connectivity index (χ0) is 20.2. The molecular formula is C25H37FN2O. The van der Waals surface area contributed by atoms with Gasteiger partial charge in [-0.05, 0) is 105 Å². The Hall–Kier alpha value is -1.16. The molecule has 0 bridgehead atoms. The first kappa shape index (κ1) is 19.8. The van der Waals surface area contributed by atoms with Crippen molar-refractivity contribution in [2.45, 2.75) is 76.9 Å². The van der Waals surface area contributed by atoms with Gasteiger partial charge >= 0.3 is 0 Å². The molecule has 0 aromatic carbocycles. The van der Waals surface area contributed by atoms with Gasteiger partial charge < -0.3 is 5.11 Å². The summed E-state index contributed by atoms with van der Waals surface area (Å²) >= 11 is 0. The van der Waals surface area contributed by atoms with Crippen molar-refractivity contribution in [1.82, 2.24) is 9.78 Å². The van der Waals surface area contributed by atoms with E-state index < -0.39 is 12.3 Å². The van der Waals surface area contributed by atoms with Crippen molar-refractivity contribution in [2.75, 3.05) is 6.67 Å². The van der Waals surface area contributed by atoms with Crippen molar-refractivity contribution in [3.8, 4) is 0 Å². The Bertz CT molecular complexity index is 748. The van der Waals surface area contributed by atoms with Gasteiger partial charge in [-0.2, -0.15) is 5.10 Å². The van der Waals surface area contributed by atoms with Gasteiger partial charge in [-0.1, -0.05) is 19.1 Å². The predicted octanol–water partition coefficient (Wildman–Crippen LogP) is 5.41. The molecule has 0 spiro atoms. The van der Waals surface area contributed by atoms with Crippen LogP contribution in [-0.2, 0) is 6.54 Å². The summed E-state index contributed by atoms with van der Waals surface area (Å²) in [5.74, 6) is 4.31. The molecule has 8 atom stereocenters. The van der Waals surface area contributed by atoms with E-state index in [4.69, 9.17) is 0 Å². The lowest BCUT2D eigenvalue weighted by Gasteiger charge is -2.57. The number of aromatic nitrogens is 2. The van der Waals surface area contributed by atoms with Crippen molar-refractivity contribution in [3.05, 3.63) is 30.6 Å². The fourth-order valence-electron chi connectivity index (χ4n) is 8.47. The number of fused-ring (bicyclic) bond motifs is 5. The van der Waals surface area contributed by atoms with Crippen molar-refractivity contribution in [1.29, 1.82) is 0 Å². The van der Waals surface area contributed by atoms with Crippen molar-refractivity contribution in [3.63, 3.8) is 0 Å². The Morgan fingerprint density at radius 2 is 1.97 bits per heavy atom.